The topological polar surface area (TPSA) is 51.1 Å². The first-order valence-electron chi connectivity index (χ1n) is 6.61. The molecule has 2 heterocycles. The monoisotopic (exact) mass is 268 g/mol. The molecule has 0 saturated carbocycles. The van der Waals surface area contributed by atoms with E-state index in [0.717, 1.165) is 27.9 Å². The van der Waals surface area contributed by atoms with Crippen LogP contribution in [0.5, 0.6) is 0 Å². The van der Waals surface area contributed by atoms with Gasteiger partial charge in [0, 0.05) is 30.9 Å². The molecule has 4 heteroatoms. The lowest BCUT2D eigenvalue weighted by Crippen LogP contribution is -2.22. The quantitative estimate of drug-likeness (QED) is 0.859. The maximum atomic E-state index is 11.7. The van der Waals surface area contributed by atoms with E-state index in [-0.39, 0.29) is 11.3 Å². The van der Waals surface area contributed by atoms with Crippen molar-refractivity contribution in [2.75, 3.05) is 11.9 Å². The van der Waals surface area contributed by atoms with Crippen molar-refractivity contribution in [2.45, 2.75) is 13.3 Å². The van der Waals surface area contributed by atoms with Crippen molar-refractivity contribution in [3.63, 3.8) is 0 Å². The van der Waals surface area contributed by atoms with E-state index >= 15 is 0 Å². The number of anilines is 1. The Morgan fingerprint density at radius 3 is 2.70 bits per heavy atom. The first-order chi connectivity index (χ1) is 9.54. The van der Waals surface area contributed by atoms with Crippen molar-refractivity contribution in [3.8, 4) is 11.1 Å². The lowest BCUT2D eigenvalue weighted by molar-refractivity contribution is -0.117. The summed E-state index contributed by atoms with van der Waals surface area (Å²) < 4.78 is 1.59. The number of ketones is 1. The van der Waals surface area contributed by atoms with Gasteiger partial charge in [0.1, 0.15) is 0 Å². The molecule has 0 bridgehead atoms. The fourth-order valence-electron chi connectivity index (χ4n) is 2.60. The molecule has 0 atom stereocenters. The van der Waals surface area contributed by atoms with Crippen molar-refractivity contribution >= 4 is 11.5 Å². The molecule has 102 valence electrons. The number of aromatic nitrogens is 1. The van der Waals surface area contributed by atoms with Crippen LogP contribution in [0.2, 0.25) is 0 Å². The molecule has 1 aliphatic heterocycles. The van der Waals surface area contributed by atoms with Crippen LogP contribution in [-0.4, -0.2) is 16.9 Å². The number of fused-ring (bicyclic) bond motifs is 1. The van der Waals surface area contributed by atoms with Crippen LogP contribution in [0.25, 0.3) is 11.1 Å². The van der Waals surface area contributed by atoms with Gasteiger partial charge in [0.25, 0.3) is 5.56 Å². The second kappa shape index (κ2) is 4.63. The summed E-state index contributed by atoms with van der Waals surface area (Å²) in [4.78, 5) is 23.3. The van der Waals surface area contributed by atoms with Crippen molar-refractivity contribution in [1.29, 1.82) is 0 Å². The number of Topliss-reactive ketones (excluding diaryl/α,β-unsaturated/α-hetero) is 1. The number of nitrogens with zero attached hydrogens (tertiary/aromatic N) is 1. The summed E-state index contributed by atoms with van der Waals surface area (Å²) in [6.07, 6.45) is 2.30. The van der Waals surface area contributed by atoms with Crippen LogP contribution in [0.4, 0.5) is 5.69 Å². The van der Waals surface area contributed by atoms with Crippen molar-refractivity contribution < 1.29 is 4.79 Å². The predicted molar refractivity (Wildman–Crippen MR) is 79.1 cm³/mol. The molecule has 0 radical (unpaired) electrons. The summed E-state index contributed by atoms with van der Waals surface area (Å²) in [5.74, 6) is 0.200. The molecule has 0 spiro atoms. The zero-order valence-electron chi connectivity index (χ0n) is 11.6. The molecular formula is C16H16N2O2. The maximum absolute atomic E-state index is 11.7. The molecule has 0 aliphatic carbocycles. The number of rotatable bonds is 1. The largest absolute Gasteiger partial charge is 0.378 e. The molecule has 1 aliphatic rings. The number of carbonyl (C=O) groups excluding carboxylic acids is 1. The fourth-order valence-corrected chi connectivity index (χ4v) is 2.60. The lowest BCUT2D eigenvalue weighted by atomic mass is 9.97. The molecule has 0 saturated heterocycles. The van der Waals surface area contributed by atoms with Gasteiger partial charge in [-0.05, 0) is 41.8 Å². The average molecular weight is 268 g/mol. The number of pyridine rings is 1. The van der Waals surface area contributed by atoms with Gasteiger partial charge in [0.2, 0.25) is 0 Å². The molecule has 20 heavy (non-hydrogen) atoms. The van der Waals surface area contributed by atoms with E-state index in [1.807, 2.05) is 37.4 Å². The smallest absolute Gasteiger partial charge is 0.253 e. The van der Waals surface area contributed by atoms with Gasteiger partial charge in [-0.2, -0.15) is 0 Å². The molecule has 1 N–H and O–H groups in total. The zero-order chi connectivity index (χ0) is 14.3. The zero-order valence-corrected chi connectivity index (χ0v) is 11.6. The second-order valence-electron chi connectivity index (χ2n) is 5.27. The van der Waals surface area contributed by atoms with Crippen molar-refractivity contribution in [2.24, 2.45) is 7.05 Å². The number of hydrogen-bond donors (Lipinski definition) is 1. The number of hydrogen-bond acceptors (Lipinski definition) is 3. The van der Waals surface area contributed by atoms with Gasteiger partial charge in [0.15, 0.2) is 5.78 Å². The molecule has 1 aromatic heterocycles. The third-order valence-electron chi connectivity index (χ3n) is 3.66. The van der Waals surface area contributed by atoms with E-state index in [4.69, 9.17) is 0 Å². The van der Waals surface area contributed by atoms with Crippen LogP contribution < -0.4 is 10.9 Å². The summed E-state index contributed by atoms with van der Waals surface area (Å²) >= 11 is 0. The van der Waals surface area contributed by atoms with Gasteiger partial charge in [-0.15, -0.1) is 0 Å². The Kier molecular flexibility index (Phi) is 2.93. The minimum Gasteiger partial charge on any atom is -0.378 e. The highest BCUT2D eigenvalue weighted by molar-refractivity contribution is 5.90. The summed E-state index contributed by atoms with van der Waals surface area (Å²) in [5, 5.41) is 3.12. The Morgan fingerprint density at radius 1 is 1.15 bits per heavy atom. The van der Waals surface area contributed by atoms with E-state index in [1.165, 1.54) is 0 Å². The Labute approximate surface area is 117 Å². The van der Waals surface area contributed by atoms with Crippen molar-refractivity contribution in [3.05, 3.63) is 51.9 Å². The van der Waals surface area contributed by atoms with Crippen LogP contribution in [0.3, 0.4) is 0 Å². The standard InChI is InChI=1S/C16H16N2O2/c1-10-5-13(9-18(2)16(10)20)11-3-4-15-12(6-11)7-14(19)8-17-15/h3-6,9,17H,7-8H2,1-2H3. The molecule has 0 amide bonds. The van der Waals surface area contributed by atoms with Crippen LogP contribution in [0.1, 0.15) is 11.1 Å². The molecule has 0 fully saturated rings. The number of benzene rings is 1. The summed E-state index contributed by atoms with van der Waals surface area (Å²) in [6.45, 7) is 2.22. The Bertz CT molecular complexity index is 733. The number of carbonyl (C=O) groups is 1. The third-order valence-corrected chi connectivity index (χ3v) is 3.66. The fraction of sp³-hybridized carbons (Fsp3) is 0.250. The predicted octanol–water partition coefficient (Wildman–Crippen LogP) is 1.90. The lowest BCUT2D eigenvalue weighted by Gasteiger charge is -2.18. The molecule has 2 aromatic rings. The summed E-state index contributed by atoms with van der Waals surface area (Å²) in [5.41, 5.74) is 4.80. The molecule has 3 rings (SSSR count). The van der Waals surface area contributed by atoms with E-state index in [2.05, 4.69) is 5.32 Å². The first kappa shape index (κ1) is 12.7. The molecular weight excluding hydrogens is 252 g/mol. The van der Waals surface area contributed by atoms with Crippen LogP contribution in [0, 0.1) is 6.92 Å². The highest BCUT2D eigenvalue weighted by Gasteiger charge is 2.15. The van der Waals surface area contributed by atoms with Gasteiger partial charge in [-0.3, -0.25) is 9.59 Å². The second-order valence-corrected chi connectivity index (χ2v) is 5.27. The van der Waals surface area contributed by atoms with E-state index in [0.29, 0.717) is 13.0 Å². The minimum absolute atomic E-state index is 0.0172. The first-order valence-corrected chi connectivity index (χ1v) is 6.61. The summed E-state index contributed by atoms with van der Waals surface area (Å²) in [6, 6.07) is 7.93. The van der Waals surface area contributed by atoms with Gasteiger partial charge < -0.3 is 9.88 Å². The van der Waals surface area contributed by atoms with E-state index in [1.54, 1.807) is 11.6 Å². The normalized spacial score (nSPS) is 13.8. The Morgan fingerprint density at radius 2 is 1.95 bits per heavy atom. The van der Waals surface area contributed by atoms with Gasteiger partial charge in [-0.1, -0.05) is 6.07 Å². The van der Waals surface area contributed by atoms with Crippen LogP contribution in [0.15, 0.2) is 35.3 Å². The van der Waals surface area contributed by atoms with Gasteiger partial charge in [-0.25, -0.2) is 0 Å². The summed E-state index contributed by atoms with van der Waals surface area (Å²) in [7, 11) is 1.75. The molecule has 1 aromatic carbocycles. The average Bonchev–Trinajstić information content (AvgIpc) is 2.43. The Hall–Kier alpha value is -2.36. The van der Waals surface area contributed by atoms with E-state index in [9.17, 15) is 9.59 Å². The van der Waals surface area contributed by atoms with Crippen LogP contribution >= 0.6 is 0 Å². The van der Waals surface area contributed by atoms with Crippen molar-refractivity contribution in [1.82, 2.24) is 4.57 Å². The number of nitrogens with one attached hydrogen (secondary N) is 1. The minimum atomic E-state index is 0.0172. The maximum Gasteiger partial charge on any atom is 0.253 e. The van der Waals surface area contributed by atoms with Gasteiger partial charge in [0.05, 0.1) is 6.54 Å². The Balaban J connectivity index is 2.09. The third kappa shape index (κ3) is 2.13. The van der Waals surface area contributed by atoms with E-state index < -0.39 is 0 Å². The van der Waals surface area contributed by atoms with Gasteiger partial charge >= 0.3 is 0 Å². The number of aryl methyl sites for hydroxylation is 2. The van der Waals surface area contributed by atoms with Crippen LogP contribution in [-0.2, 0) is 18.3 Å². The highest BCUT2D eigenvalue weighted by Crippen LogP contribution is 2.27. The molecule has 4 nitrogen and oxygen atoms in total. The SMILES string of the molecule is Cc1cc(-c2ccc3c(c2)CC(=O)CN3)cn(C)c1=O. The highest BCUT2D eigenvalue weighted by atomic mass is 16.1. The molecule has 0 unspecified atom stereocenters.